The molecule has 0 aliphatic carbocycles. The summed E-state index contributed by atoms with van der Waals surface area (Å²) in [5, 5.41) is 11.5. The fourth-order valence-corrected chi connectivity index (χ4v) is 2.30. The molecule has 0 spiro atoms. The Balaban J connectivity index is 2.83. The summed E-state index contributed by atoms with van der Waals surface area (Å²) < 4.78 is 0. The molecule has 1 aromatic heterocycles. The standard InChI is InChI=1S/C13H17NO3S/c1-4-9(3)14-13(17)11-7-8(2)10(18-11)5-6-12(15)16/h5-7,9H,4H2,1-3H3,(H,14,17)(H,15,16). The molecule has 0 aliphatic rings. The van der Waals surface area contributed by atoms with E-state index < -0.39 is 5.97 Å². The average molecular weight is 267 g/mol. The molecule has 98 valence electrons. The fourth-order valence-electron chi connectivity index (χ4n) is 1.32. The number of carbonyl (C=O) groups is 2. The summed E-state index contributed by atoms with van der Waals surface area (Å²) in [4.78, 5) is 23.7. The number of hydrogen-bond donors (Lipinski definition) is 2. The predicted octanol–water partition coefficient (Wildman–Crippen LogP) is 2.68. The van der Waals surface area contributed by atoms with Crippen molar-refractivity contribution < 1.29 is 14.7 Å². The maximum absolute atomic E-state index is 11.9. The zero-order valence-corrected chi connectivity index (χ0v) is 11.5. The molecule has 1 amide bonds. The number of aliphatic carboxylic acids is 1. The number of carboxylic acids is 1. The molecule has 1 rings (SSSR count). The second-order valence-electron chi connectivity index (χ2n) is 4.11. The quantitative estimate of drug-likeness (QED) is 0.806. The van der Waals surface area contributed by atoms with Gasteiger partial charge in [0.05, 0.1) is 4.88 Å². The molecule has 2 N–H and O–H groups in total. The van der Waals surface area contributed by atoms with E-state index in [2.05, 4.69) is 5.32 Å². The normalized spacial score (nSPS) is 12.6. The highest BCUT2D eigenvalue weighted by Gasteiger charge is 2.12. The van der Waals surface area contributed by atoms with Crippen LogP contribution in [0, 0.1) is 6.92 Å². The highest BCUT2D eigenvalue weighted by molar-refractivity contribution is 7.15. The molecule has 0 fully saturated rings. The van der Waals surface area contributed by atoms with E-state index in [1.807, 2.05) is 20.8 Å². The Morgan fingerprint density at radius 1 is 1.56 bits per heavy atom. The molecule has 1 aromatic rings. The molecule has 1 unspecified atom stereocenters. The summed E-state index contributed by atoms with van der Waals surface area (Å²) in [7, 11) is 0. The van der Waals surface area contributed by atoms with E-state index in [0.29, 0.717) is 4.88 Å². The van der Waals surface area contributed by atoms with Crippen molar-refractivity contribution in [2.45, 2.75) is 33.2 Å². The highest BCUT2D eigenvalue weighted by Crippen LogP contribution is 2.23. The fraction of sp³-hybridized carbons (Fsp3) is 0.385. The van der Waals surface area contributed by atoms with Gasteiger partial charge in [0.2, 0.25) is 0 Å². The highest BCUT2D eigenvalue weighted by atomic mass is 32.1. The van der Waals surface area contributed by atoms with Crippen molar-refractivity contribution in [3.8, 4) is 0 Å². The van der Waals surface area contributed by atoms with Crippen LogP contribution >= 0.6 is 11.3 Å². The number of amides is 1. The van der Waals surface area contributed by atoms with E-state index in [4.69, 9.17) is 5.11 Å². The van der Waals surface area contributed by atoms with Crippen LogP contribution in [0.15, 0.2) is 12.1 Å². The van der Waals surface area contributed by atoms with E-state index in [9.17, 15) is 9.59 Å². The molecule has 5 heteroatoms. The van der Waals surface area contributed by atoms with Crippen LogP contribution in [0.25, 0.3) is 6.08 Å². The first-order valence-corrected chi connectivity index (χ1v) is 6.58. The lowest BCUT2D eigenvalue weighted by Gasteiger charge is -2.09. The molecule has 0 aromatic carbocycles. The van der Waals surface area contributed by atoms with Gasteiger partial charge in [0.25, 0.3) is 5.91 Å². The summed E-state index contributed by atoms with van der Waals surface area (Å²) >= 11 is 1.30. The van der Waals surface area contributed by atoms with Crippen LogP contribution in [0.2, 0.25) is 0 Å². The SMILES string of the molecule is CCC(C)NC(=O)c1cc(C)c(C=CC(=O)O)s1. The van der Waals surface area contributed by atoms with Crippen molar-refractivity contribution in [2.75, 3.05) is 0 Å². The second-order valence-corrected chi connectivity index (χ2v) is 5.20. The largest absolute Gasteiger partial charge is 0.478 e. The summed E-state index contributed by atoms with van der Waals surface area (Å²) in [6, 6.07) is 1.92. The molecular weight excluding hydrogens is 250 g/mol. The third-order valence-electron chi connectivity index (χ3n) is 2.55. The van der Waals surface area contributed by atoms with Gasteiger partial charge in [-0.2, -0.15) is 0 Å². The van der Waals surface area contributed by atoms with E-state index in [1.54, 1.807) is 6.07 Å². The van der Waals surface area contributed by atoms with Crippen molar-refractivity contribution >= 4 is 29.3 Å². The van der Waals surface area contributed by atoms with Crippen LogP contribution in [0.1, 0.15) is 40.4 Å². The first-order chi connectivity index (χ1) is 8.43. The summed E-state index contributed by atoms with van der Waals surface area (Å²) in [6.07, 6.45) is 3.47. The minimum atomic E-state index is -0.992. The van der Waals surface area contributed by atoms with Crippen LogP contribution < -0.4 is 5.32 Å². The van der Waals surface area contributed by atoms with Crippen molar-refractivity contribution in [1.82, 2.24) is 5.32 Å². The van der Waals surface area contributed by atoms with Gasteiger partial charge < -0.3 is 10.4 Å². The van der Waals surface area contributed by atoms with Crippen molar-refractivity contribution in [1.29, 1.82) is 0 Å². The van der Waals surface area contributed by atoms with Gasteiger partial charge in [0, 0.05) is 17.0 Å². The Morgan fingerprint density at radius 3 is 2.78 bits per heavy atom. The number of rotatable bonds is 5. The number of thiophene rings is 1. The predicted molar refractivity (Wildman–Crippen MR) is 72.9 cm³/mol. The maximum atomic E-state index is 11.9. The second kappa shape index (κ2) is 6.35. The molecule has 4 nitrogen and oxygen atoms in total. The van der Waals surface area contributed by atoms with Gasteiger partial charge in [0.15, 0.2) is 0 Å². The van der Waals surface area contributed by atoms with Gasteiger partial charge in [0.1, 0.15) is 0 Å². The van der Waals surface area contributed by atoms with Crippen molar-refractivity contribution in [3.63, 3.8) is 0 Å². The first-order valence-electron chi connectivity index (χ1n) is 5.76. The van der Waals surface area contributed by atoms with Crippen molar-refractivity contribution in [3.05, 3.63) is 27.5 Å². The molecule has 1 atom stereocenters. The van der Waals surface area contributed by atoms with Gasteiger partial charge in [-0.3, -0.25) is 4.79 Å². The number of aryl methyl sites for hydroxylation is 1. The number of nitrogens with one attached hydrogen (secondary N) is 1. The number of carbonyl (C=O) groups excluding carboxylic acids is 1. The summed E-state index contributed by atoms with van der Waals surface area (Å²) in [5.74, 6) is -1.10. The molecule has 18 heavy (non-hydrogen) atoms. The van der Waals surface area contributed by atoms with Crippen LogP contribution in [0.3, 0.4) is 0 Å². The molecule has 0 saturated heterocycles. The van der Waals surface area contributed by atoms with E-state index in [1.165, 1.54) is 17.4 Å². The molecular formula is C13H17NO3S. The minimum Gasteiger partial charge on any atom is -0.478 e. The Labute approximate surface area is 110 Å². The smallest absolute Gasteiger partial charge is 0.328 e. The Kier molecular flexibility index (Phi) is 5.09. The van der Waals surface area contributed by atoms with Crippen LogP contribution in [-0.4, -0.2) is 23.0 Å². The molecule has 0 saturated carbocycles. The van der Waals surface area contributed by atoms with Crippen LogP contribution in [0.5, 0.6) is 0 Å². The molecule has 1 heterocycles. The van der Waals surface area contributed by atoms with Gasteiger partial charge in [-0.05, 0) is 38.0 Å². The summed E-state index contributed by atoms with van der Waals surface area (Å²) in [5.41, 5.74) is 0.909. The third-order valence-corrected chi connectivity index (χ3v) is 3.75. The third kappa shape index (κ3) is 4.00. The van der Waals surface area contributed by atoms with Crippen LogP contribution in [0.4, 0.5) is 0 Å². The Bertz CT molecular complexity index is 477. The summed E-state index contributed by atoms with van der Waals surface area (Å²) in [6.45, 7) is 5.81. The lowest BCUT2D eigenvalue weighted by atomic mass is 10.2. The number of carboxylic acid groups (broad SMARTS) is 1. The first kappa shape index (κ1) is 14.4. The lowest BCUT2D eigenvalue weighted by molar-refractivity contribution is -0.131. The van der Waals surface area contributed by atoms with Gasteiger partial charge in [-0.1, -0.05) is 6.92 Å². The van der Waals surface area contributed by atoms with Gasteiger partial charge in [-0.25, -0.2) is 4.79 Å². The topological polar surface area (TPSA) is 66.4 Å². The molecule has 0 aliphatic heterocycles. The molecule has 0 radical (unpaired) electrons. The van der Waals surface area contributed by atoms with E-state index in [-0.39, 0.29) is 11.9 Å². The number of hydrogen-bond acceptors (Lipinski definition) is 3. The zero-order valence-electron chi connectivity index (χ0n) is 10.7. The lowest BCUT2D eigenvalue weighted by Crippen LogP contribution is -2.31. The molecule has 0 bridgehead atoms. The van der Waals surface area contributed by atoms with Gasteiger partial charge >= 0.3 is 5.97 Å². The average Bonchev–Trinajstić information content (AvgIpc) is 2.68. The monoisotopic (exact) mass is 267 g/mol. The van der Waals surface area contributed by atoms with Crippen LogP contribution in [-0.2, 0) is 4.79 Å². The Hall–Kier alpha value is -1.62. The van der Waals surface area contributed by atoms with Gasteiger partial charge in [-0.15, -0.1) is 11.3 Å². The van der Waals surface area contributed by atoms with Crippen molar-refractivity contribution in [2.24, 2.45) is 0 Å². The van der Waals surface area contributed by atoms with E-state index >= 15 is 0 Å². The minimum absolute atomic E-state index is 0.104. The zero-order chi connectivity index (χ0) is 13.7. The Morgan fingerprint density at radius 2 is 2.22 bits per heavy atom. The van der Waals surface area contributed by atoms with E-state index in [0.717, 1.165) is 22.9 Å². The maximum Gasteiger partial charge on any atom is 0.328 e.